The first kappa shape index (κ1) is 27.0. The van der Waals surface area contributed by atoms with Gasteiger partial charge in [0.2, 0.25) is 5.91 Å². The molecule has 2 amide bonds. The van der Waals surface area contributed by atoms with Crippen molar-refractivity contribution in [3.05, 3.63) is 71.6 Å². The van der Waals surface area contributed by atoms with Crippen molar-refractivity contribution in [1.82, 2.24) is 15.5 Å². The number of fused-ring (bicyclic) bond motifs is 2. The molecule has 2 N–H and O–H groups in total. The van der Waals surface area contributed by atoms with Crippen LogP contribution < -0.4 is 10.6 Å². The summed E-state index contributed by atoms with van der Waals surface area (Å²) in [5.74, 6) is -0.816. The second-order valence-electron chi connectivity index (χ2n) is 10.8. The highest BCUT2D eigenvalue weighted by atomic mass is 32.1. The summed E-state index contributed by atoms with van der Waals surface area (Å²) in [4.78, 5) is 54.0. The average Bonchev–Trinajstić information content (AvgIpc) is 3.64. The number of rotatable bonds is 7. The number of amides is 2. The Balaban J connectivity index is 0.000000445. The normalized spacial score (nSPS) is 21.2. The third kappa shape index (κ3) is 5.58. The number of hydrogen-bond donors (Lipinski definition) is 2. The van der Waals surface area contributed by atoms with Gasteiger partial charge in [0, 0.05) is 16.5 Å². The monoisotopic (exact) mass is 543 g/mol. The van der Waals surface area contributed by atoms with E-state index in [1.807, 2.05) is 43.5 Å². The lowest BCUT2D eigenvalue weighted by Gasteiger charge is -2.32. The highest BCUT2D eigenvalue weighted by Gasteiger charge is 2.52. The number of hydrogen-bond acceptors (Lipinski definition) is 6. The third-order valence-electron chi connectivity index (χ3n) is 7.57. The number of ketones is 2. The summed E-state index contributed by atoms with van der Waals surface area (Å²) in [6.45, 7) is 5.59. The maximum absolute atomic E-state index is 13.6. The van der Waals surface area contributed by atoms with Crippen LogP contribution in [0, 0.1) is 5.92 Å². The third-order valence-corrected chi connectivity index (χ3v) is 8.49. The molecule has 1 aromatic heterocycles. The first-order valence-corrected chi connectivity index (χ1v) is 14.2. The van der Waals surface area contributed by atoms with Gasteiger partial charge in [-0.15, -0.1) is 11.3 Å². The minimum atomic E-state index is -0.816. The Labute approximate surface area is 232 Å². The number of carbonyl (C=O) groups excluding carboxylic acids is 4. The predicted molar refractivity (Wildman–Crippen MR) is 152 cm³/mol. The summed E-state index contributed by atoms with van der Waals surface area (Å²) in [5, 5.41) is 8.00. The molecular formula is C31H33N3O4S. The van der Waals surface area contributed by atoms with Crippen LogP contribution in [0.2, 0.25) is 0 Å². The maximum atomic E-state index is 13.6. The van der Waals surface area contributed by atoms with Crippen LogP contribution in [0.5, 0.6) is 0 Å². The molecule has 2 aromatic rings. The van der Waals surface area contributed by atoms with Gasteiger partial charge in [-0.25, -0.2) is 0 Å². The minimum Gasteiger partial charge on any atom is -0.340 e. The molecule has 4 aliphatic rings. The van der Waals surface area contributed by atoms with E-state index >= 15 is 0 Å². The van der Waals surface area contributed by atoms with Crippen LogP contribution in [0.1, 0.15) is 44.0 Å². The lowest BCUT2D eigenvalue weighted by atomic mass is 9.95. The first-order chi connectivity index (χ1) is 18.7. The summed E-state index contributed by atoms with van der Waals surface area (Å²) in [6, 6.07) is 17.4. The molecule has 39 heavy (non-hydrogen) atoms. The molecule has 8 heteroatoms. The van der Waals surface area contributed by atoms with Gasteiger partial charge in [0.05, 0.1) is 12.6 Å². The summed E-state index contributed by atoms with van der Waals surface area (Å²) in [7, 11) is 0. The van der Waals surface area contributed by atoms with Gasteiger partial charge >= 0.3 is 0 Å². The molecule has 1 aromatic carbocycles. The van der Waals surface area contributed by atoms with Crippen molar-refractivity contribution in [3.8, 4) is 21.6 Å². The Hall–Kier alpha value is -3.62. The van der Waals surface area contributed by atoms with E-state index in [1.54, 1.807) is 23.5 Å². The fourth-order valence-corrected chi connectivity index (χ4v) is 6.17. The fraction of sp³-hybridized carbons (Fsp3) is 0.355. The van der Waals surface area contributed by atoms with E-state index in [9.17, 15) is 19.2 Å². The lowest BCUT2D eigenvalue weighted by Crippen LogP contribution is -2.56. The van der Waals surface area contributed by atoms with Gasteiger partial charge in [0.1, 0.15) is 12.1 Å². The predicted octanol–water partition coefficient (Wildman–Crippen LogP) is 4.33. The minimum absolute atomic E-state index is 0.0871. The molecule has 4 atom stereocenters. The summed E-state index contributed by atoms with van der Waals surface area (Å²) in [6.07, 6.45) is 0.835. The van der Waals surface area contributed by atoms with Crippen molar-refractivity contribution in [3.63, 3.8) is 0 Å². The van der Waals surface area contributed by atoms with Crippen molar-refractivity contribution in [1.29, 1.82) is 0 Å². The Bertz CT molecular complexity index is 1340. The zero-order chi connectivity index (χ0) is 27.7. The molecule has 7 nitrogen and oxygen atoms in total. The number of nitrogens with one attached hydrogen (secondary N) is 2. The summed E-state index contributed by atoms with van der Waals surface area (Å²) in [5.41, 5.74) is 4.33. The number of Topliss-reactive ketones (excluding diaryl/α,β-unsaturated/α-hetero) is 2. The standard InChI is InChI=1S/C25H29N3O4S.C6H4/c1-14(2)11-19(25(32)28-20(15(3)29)12-18-23(28)21(30)13-26-18)27-24(31)17-8-6-16(7-9-17)22-5-4-10-33-22;1-2-6-4-3-5(1)6/h4-10,14,18-20,23,26H,11-13H2,1-3H3,(H,27,31);1-4H. The van der Waals surface area contributed by atoms with Gasteiger partial charge in [0.25, 0.3) is 5.91 Å². The quantitative estimate of drug-likeness (QED) is 0.362. The van der Waals surface area contributed by atoms with Gasteiger partial charge in [-0.2, -0.15) is 0 Å². The van der Waals surface area contributed by atoms with Crippen molar-refractivity contribution in [2.45, 2.75) is 57.8 Å². The van der Waals surface area contributed by atoms with E-state index in [1.165, 1.54) is 23.0 Å². The zero-order valence-corrected chi connectivity index (χ0v) is 23.2. The molecule has 6 rings (SSSR count). The first-order valence-electron chi connectivity index (χ1n) is 13.4. The van der Waals surface area contributed by atoms with E-state index in [0.29, 0.717) is 18.4 Å². The van der Waals surface area contributed by atoms with Gasteiger partial charge in [-0.3, -0.25) is 19.2 Å². The zero-order valence-electron chi connectivity index (χ0n) is 22.3. The Morgan fingerprint density at radius 2 is 1.64 bits per heavy atom. The van der Waals surface area contributed by atoms with E-state index < -0.39 is 18.1 Å². The maximum Gasteiger partial charge on any atom is 0.251 e. The molecule has 2 fully saturated rings. The molecule has 0 spiro atoms. The van der Waals surface area contributed by atoms with E-state index in [-0.39, 0.29) is 41.9 Å². The number of nitrogens with zero attached hydrogens (tertiary/aromatic N) is 1. The molecule has 202 valence electrons. The Morgan fingerprint density at radius 1 is 1.00 bits per heavy atom. The fourth-order valence-electron chi connectivity index (χ4n) is 5.44. The SMILES string of the molecule is CC(=O)C1CC2NCC(=O)C2N1C(=O)C(CC(C)C)NC(=O)c1ccc(-c2cccs2)cc1.c1cc2ccc1-2. The van der Waals surface area contributed by atoms with Crippen molar-refractivity contribution in [2.75, 3.05) is 6.54 Å². The van der Waals surface area contributed by atoms with Crippen LogP contribution in [0.25, 0.3) is 21.6 Å². The molecule has 4 unspecified atom stereocenters. The second kappa shape index (κ2) is 11.2. The van der Waals surface area contributed by atoms with Gasteiger partial charge in [0.15, 0.2) is 11.6 Å². The lowest BCUT2D eigenvalue weighted by molar-refractivity contribution is -0.143. The Kier molecular flexibility index (Phi) is 7.77. The molecule has 0 radical (unpaired) electrons. The summed E-state index contributed by atoms with van der Waals surface area (Å²) >= 11 is 1.63. The van der Waals surface area contributed by atoms with Crippen molar-refractivity contribution in [2.24, 2.45) is 5.92 Å². The molecule has 2 aliphatic heterocycles. The van der Waals surface area contributed by atoms with Crippen LogP contribution in [0.3, 0.4) is 0 Å². The number of thiophene rings is 1. The van der Waals surface area contributed by atoms with Gasteiger partial charge in [-0.1, -0.05) is 56.3 Å². The Morgan fingerprint density at radius 3 is 2.15 bits per heavy atom. The van der Waals surface area contributed by atoms with E-state index in [4.69, 9.17) is 0 Å². The molecule has 2 aliphatic carbocycles. The molecular weight excluding hydrogens is 510 g/mol. The van der Waals surface area contributed by atoms with E-state index in [2.05, 4.69) is 34.9 Å². The molecule has 0 bridgehead atoms. The van der Waals surface area contributed by atoms with Gasteiger partial charge in [-0.05, 0) is 66.0 Å². The van der Waals surface area contributed by atoms with Crippen LogP contribution in [0.4, 0.5) is 0 Å². The average molecular weight is 544 g/mol. The number of likely N-dealkylation sites (tertiary alicyclic amines) is 1. The van der Waals surface area contributed by atoms with Crippen molar-refractivity contribution < 1.29 is 19.2 Å². The molecule has 3 heterocycles. The highest BCUT2D eigenvalue weighted by Crippen LogP contribution is 2.31. The number of carbonyl (C=O) groups is 4. The van der Waals surface area contributed by atoms with Crippen molar-refractivity contribution >= 4 is 34.7 Å². The van der Waals surface area contributed by atoms with E-state index in [0.717, 1.165) is 10.4 Å². The van der Waals surface area contributed by atoms with Crippen LogP contribution in [-0.2, 0) is 14.4 Å². The van der Waals surface area contributed by atoms with Crippen LogP contribution in [0.15, 0.2) is 66.0 Å². The highest BCUT2D eigenvalue weighted by molar-refractivity contribution is 7.13. The van der Waals surface area contributed by atoms with Crippen LogP contribution in [-0.4, -0.2) is 59.0 Å². The van der Waals surface area contributed by atoms with Gasteiger partial charge < -0.3 is 15.5 Å². The largest absolute Gasteiger partial charge is 0.340 e. The van der Waals surface area contributed by atoms with Crippen LogP contribution >= 0.6 is 11.3 Å². The second-order valence-corrected chi connectivity index (χ2v) is 11.7. The molecule has 2 saturated heterocycles. The molecule has 0 saturated carbocycles. The topological polar surface area (TPSA) is 95.6 Å². The number of benzene rings is 2. The summed E-state index contributed by atoms with van der Waals surface area (Å²) < 4.78 is 0. The smallest absolute Gasteiger partial charge is 0.251 e.